The van der Waals surface area contributed by atoms with Crippen molar-refractivity contribution in [2.75, 3.05) is 0 Å². The Balaban J connectivity index is 2.70. The van der Waals surface area contributed by atoms with E-state index >= 15 is 0 Å². The highest BCUT2D eigenvalue weighted by Crippen LogP contribution is 2.33. The van der Waals surface area contributed by atoms with Gasteiger partial charge < -0.3 is 4.55 Å². The van der Waals surface area contributed by atoms with Gasteiger partial charge in [-0.2, -0.15) is 0 Å². The van der Waals surface area contributed by atoms with Gasteiger partial charge in [0.1, 0.15) is 14.9 Å². The Bertz CT molecular complexity index is 617. The molecule has 1 aliphatic rings. The highest BCUT2D eigenvalue weighted by Gasteiger charge is 2.47. The van der Waals surface area contributed by atoms with Crippen molar-refractivity contribution in [2.45, 2.75) is 18.1 Å². The Hall–Kier alpha value is -1.53. The molecule has 5 nitrogen and oxygen atoms in total. The second-order valence-electron chi connectivity index (χ2n) is 4.16. The molecule has 2 rings (SSSR count). The van der Waals surface area contributed by atoms with Crippen LogP contribution < -0.4 is 0 Å². The van der Waals surface area contributed by atoms with E-state index in [2.05, 4.69) is 0 Å². The van der Waals surface area contributed by atoms with Crippen molar-refractivity contribution in [1.82, 2.24) is 0 Å². The van der Waals surface area contributed by atoms with E-state index < -0.39 is 32.9 Å². The van der Waals surface area contributed by atoms with Crippen LogP contribution in [0.4, 0.5) is 0 Å². The molecule has 0 amide bonds. The number of hydrogen-bond acceptors (Lipinski definition) is 5. The van der Waals surface area contributed by atoms with Crippen LogP contribution in [0.1, 0.15) is 34.1 Å². The van der Waals surface area contributed by atoms with E-state index in [1.54, 1.807) is 6.07 Å². The maximum atomic E-state index is 12.0. The average molecular weight is 253 g/mol. The molecule has 0 aliphatic heterocycles. The molecule has 90 valence electrons. The molecule has 0 aromatic heterocycles. The molecule has 0 spiro atoms. The third-order valence-electron chi connectivity index (χ3n) is 3.00. The molecule has 0 N–H and O–H groups in total. The van der Waals surface area contributed by atoms with E-state index in [1.807, 2.05) is 0 Å². The summed E-state index contributed by atoms with van der Waals surface area (Å²) in [6.07, 6.45) is -0.589. The SMILES string of the molecule is C[C@]1(S(=O)(=O)[O-])CC(=O)c2ccccc2C1=O. The molecule has 0 unspecified atom stereocenters. The lowest BCUT2D eigenvalue weighted by Crippen LogP contribution is -2.48. The van der Waals surface area contributed by atoms with E-state index in [0.717, 1.165) is 6.92 Å². The molecule has 0 saturated carbocycles. The number of carbonyl (C=O) groups excluding carboxylic acids is 2. The minimum Gasteiger partial charge on any atom is -0.747 e. The Kier molecular flexibility index (Phi) is 2.44. The van der Waals surface area contributed by atoms with Crippen LogP contribution in [0.3, 0.4) is 0 Å². The molecule has 1 aromatic rings. The van der Waals surface area contributed by atoms with E-state index in [0.29, 0.717) is 0 Å². The third kappa shape index (κ3) is 1.60. The van der Waals surface area contributed by atoms with Crippen LogP contribution in [0.15, 0.2) is 24.3 Å². The van der Waals surface area contributed by atoms with Crippen molar-refractivity contribution < 1.29 is 22.6 Å². The Morgan fingerprint density at radius 3 is 2.24 bits per heavy atom. The van der Waals surface area contributed by atoms with Gasteiger partial charge in [0.25, 0.3) is 0 Å². The molecule has 6 heteroatoms. The van der Waals surface area contributed by atoms with Crippen molar-refractivity contribution >= 4 is 21.7 Å². The monoisotopic (exact) mass is 253 g/mol. The minimum atomic E-state index is -4.87. The summed E-state index contributed by atoms with van der Waals surface area (Å²) in [5.41, 5.74) is 0.185. The van der Waals surface area contributed by atoms with Crippen molar-refractivity contribution in [3.05, 3.63) is 35.4 Å². The van der Waals surface area contributed by atoms with E-state index in [4.69, 9.17) is 0 Å². The first-order valence-electron chi connectivity index (χ1n) is 4.90. The standard InChI is InChI=1S/C11H10O5S/c1-11(17(14,15)16)6-9(12)7-4-2-3-5-8(7)10(11)13/h2-5H,6H2,1H3,(H,14,15,16)/p-1/t11-/m0/s1. The normalized spacial score (nSPS) is 24.6. The van der Waals surface area contributed by atoms with Crippen molar-refractivity contribution in [1.29, 1.82) is 0 Å². The van der Waals surface area contributed by atoms with Crippen LogP contribution in [-0.2, 0) is 10.1 Å². The quantitative estimate of drug-likeness (QED) is 0.689. The fourth-order valence-corrected chi connectivity index (χ4v) is 2.54. The molecule has 1 atom stereocenters. The van der Waals surface area contributed by atoms with E-state index in [-0.39, 0.29) is 11.1 Å². The van der Waals surface area contributed by atoms with Crippen LogP contribution >= 0.6 is 0 Å². The number of rotatable bonds is 1. The molecular weight excluding hydrogens is 244 g/mol. The largest absolute Gasteiger partial charge is 0.747 e. The summed E-state index contributed by atoms with van der Waals surface area (Å²) in [5, 5.41) is 0. The van der Waals surface area contributed by atoms with Gasteiger partial charge in [0.2, 0.25) is 0 Å². The summed E-state index contributed by atoms with van der Waals surface area (Å²) in [6, 6.07) is 5.91. The van der Waals surface area contributed by atoms with E-state index in [9.17, 15) is 22.6 Å². The molecule has 0 heterocycles. The summed E-state index contributed by atoms with van der Waals surface area (Å²) in [7, 11) is -4.87. The summed E-state index contributed by atoms with van der Waals surface area (Å²) in [5.74, 6) is -1.30. The number of Topliss-reactive ketones (excluding diaryl/α,β-unsaturated/α-hetero) is 2. The maximum absolute atomic E-state index is 12.0. The molecule has 0 saturated heterocycles. The molecule has 17 heavy (non-hydrogen) atoms. The lowest BCUT2D eigenvalue weighted by Gasteiger charge is -2.34. The number of carbonyl (C=O) groups is 2. The first-order chi connectivity index (χ1) is 7.77. The third-order valence-corrected chi connectivity index (χ3v) is 4.44. The van der Waals surface area contributed by atoms with Crippen molar-refractivity contribution in [2.24, 2.45) is 0 Å². The van der Waals surface area contributed by atoms with Crippen LogP contribution in [0.5, 0.6) is 0 Å². The zero-order valence-electron chi connectivity index (χ0n) is 8.97. The lowest BCUT2D eigenvalue weighted by atomic mass is 9.82. The summed E-state index contributed by atoms with van der Waals surface area (Å²) in [4.78, 5) is 23.7. The highest BCUT2D eigenvalue weighted by molar-refractivity contribution is 7.88. The molecule has 0 bridgehead atoms. The second-order valence-corrected chi connectivity index (χ2v) is 5.97. The summed E-state index contributed by atoms with van der Waals surface area (Å²) >= 11 is 0. The van der Waals surface area contributed by atoms with Gasteiger partial charge >= 0.3 is 0 Å². The van der Waals surface area contributed by atoms with Gasteiger partial charge in [0.15, 0.2) is 11.6 Å². The van der Waals surface area contributed by atoms with Crippen LogP contribution in [0.25, 0.3) is 0 Å². The van der Waals surface area contributed by atoms with Gasteiger partial charge in [-0.05, 0) is 6.92 Å². The fraction of sp³-hybridized carbons (Fsp3) is 0.273. The molecule has 0 fully saturated rings. The van der Waals surface area contributed by atoms with E-state index in [1.165, 1.54) is 18.2 Å². The maximum Gasteiger partial charge on any atom is 0.183 e. The van der Waals surface area contributed by atoms with Gasteiger partial charge in [-0.25, -0.2) is 8.42 Å². The Labute approximate surface area is 98.2 Å². The zero-order chi connectivity index (χ0) is 12.8. The van der Waals surface area contributed by atoms with Crippen molar-refractivity contribution in [3.8, 4) is 0 Å². The molecule has 1 aliphatic carbocycles. The first-order valence-corrected chi connectivity index (χ1v) is 6.31. The zero-order valence-corrected chi connectivity index (χ0v) is 9.78. The summed E-state index contributed by atoms with van der Waals surface area (Å²) in [6.45, 7) is 1.01. The lowest BCUT2D eigenvalue weighted by molar-refractivity contribution is 0.0845. The minimum absolute atomic E-state index is 0.00525. The fourth-order valence-electron chi connectivity index (χ4n) is 1.89. The van der Waals surface area contributed by atoms with Gasteiger partial charge in [-0.3, -0.25) is 9.59 Å². The van der Waals surface area contributed by atoms with Crippen molar-refractivity contribution in [3.63, 3.8) is 0 Å². The Morgan fingerprint density at radius 1 is 1.18 bits per heavy atom. The predicted molar refractivity (Wildman–Crippen MR) is 57.8 cm³/mol. The van der Waals surface area contributed by atoms with Crippen LogP contribution in [0.2, 0.25) is 0 Å². The topological polar surface area (TPSA) is 91.3 Å². The number of benzene rings is 1. The molecular formula is C11H9O5S-. The summed E-state index contributed by atoms with van der Waals surface area (Å²) < 4.78 is 31.3. The number of fused-ring (bicyclic) bond motifs is 1. The van der Waals surface area contributed by atoms with Gasteiger partial charge in [0, 0.05) is 17.5 Å². The average Bonchev–Trinajstić information content (AvgIpc) is 2.25. The number of hydrogen-bond donors (Lipinski definition) is 0. The second kappa shape index (κ2) is 3.48. The van der Waals surface area contributed by atoms with Crippen LogP contribution in [-0.4, -0.2) is 29.3 Å². The molecule has 1 aromatic carbocycles. The van der Waals surface area contributed by atoms with Gasteiger partial charge in [-0.1, -0.05) is 24.3 Å². The van der Waals surface area contributed by atoms with Gasteiger partial charge in [0.05, 0.1) is 0 Å². The van der Waals surface area contributed by atoms with Crippen LogP contribution in [0, 0.1) is 0 Å². The number of ketones is 2. The smallest absolute Gasteiger partial charge is 0.183 e. The van der Waals surface area contributed by atoms with Gasteiger partial charge in [-0.15, -0.1) is 0 Å². The first kappa shape index (κ1) is 11.9. The molecule has 0 radical (unpaired) electrons. The predicted octanol–water partition coefficient (Wildman–Crippen LogP) is 0.760. The Morgan fingerprint density at radius 2 is 1.71 bits per heavy atom. The highest BCUT2D eigenvalue weighted by atomic mass is 32.2.